The Hall–Kier alpha value is -2.24. The maximum atomic E-state index is 12.1. The van der Waals surface area contributed by atoms with Crippen molar-refractivity contribution in [3.05, 3.63) is 29.8 Å². The summed E-state index contributed by atoms with van der Waals surface area (Å²) in [5.74, 6) is -0.576. The fourth-order valence-corrected chi connectivity index (χ4v) is 2.49. The van der Waals surface area contributed by atoms with Crippen molar-refractivity contribution in [2.24, 2.45) is 5.92 Å². The number of hydrogen-bond acceptors (Lipinski definition) is 3. The van der Waals surface area contributed by atoms with Gasteiger partial charge in [0, 0.05) is 25.2 Å². The van der Waals surface area contributed by atoms with Gasteiger partial charge in [-0.1, -0.05) is 18.2 Å². The molecule has 2 N–H and O–H groups in total. The number of aliphatic carboxylic acids is 1. The number of carboxylic acids is 1. The number of benzene rings is 1. The molecular formula is C15H20N2O4. The quantitative estimate of drug-likeness (QED) is 0.885. The highest BCUT2D eigenvalue weighted by Gasteiger charge is 2.27. The molecule has 1 heterocycles. The number of carbonyl (C=O) groups is 2. The smallest absolute Gasteiger partial charge is 0.317 e. The summed E-state index contributed by atoms with van der Waals surface area (Å²) in [6.07, 6.45) is 1.35. The number of ether oxygens (including phenoxy) is 1. The second kappa shape index (κ2) is 6.97. The minimum absolute atomic E-state index is 0.230. The lowest BCUT2D eigenvalue weighted by molar-refractivity contribution is -0.143. The lowest BCUT2D eigenvalue weighted by atomic mass is 9.99. The third-order valence-electron chi connectivity index (χ3n) is 3.68. The molecule has 6 nitrogen and oxygen atoms in total. The first-order valence-electron chi connectivity index (χ1n) is 6.99. The van der Waals surface area contributed by atoms with Gasteiger partial charge in [-0.3, -0.25) is 4.79 Å². The van der Waals surface area contributed by atoms with Crippen LogP contribution < -0.4 is 10.1 Å². The number of rotatable bonds is 4. The fraction of sp³-hybridized carbons (Fsp3) is 0.467. The van der Waals surface area contributed by atoms with Crippen molar-refractivity contribution in [2.75, 3.05) is 20.2 Å². The molecule has 6 heteroatoms. The largest absolute Gasteiger partial charge is 0.496 e. The maximum Gasteiger partial charge on any atom is 0.317 e. The fourth-order valence-electron chi connectivity index (χ4n) is 2.49. The number of piperidine rings is 1. The summed E-state index contributed by atoms with van der Waals surface area (Å²) >= 11 is 0. The Balaban J connectivity index is 1.91. The van der Waals surface area contributed by atoms with E-state index in [-0.39, 0.29) is 12.6 Å². The van der Waals surface area contributed by atoms with Crippen LogP contribution in [0.2, 0.25) is 0 Å². The zero-order valence-corrected chi connectivity index (χ0v) is 12.0. The van der Waals surface area contributed by atoms with Gasteiger partial charge in [-0.05, 0) is 18.9 Å². The number of para-hydroxylation sites is 1. The molecule has 1 aromatic carbocycles. The summed E-state index contributed by atoms with van der Waals surface area (Å²) in [5.41, 5.74) is 0.889. The summed E-state index contributed by atoms with van der Waals surface area (Å²) in [6, 6.07) is 7.24. The Morgan fingerprint density at radius 1 is 1.43 bits per heavy atom. The molecule has 0 spiro atoms. The van der Waals surface area contributed by atoms with Crippen LogP contribution in [0.4, 0.5) is 4.79 Å². The number of methoxy groups -OCH3 is 1. The molecule has 0 radical (unpaired) electrons. The average molecular weight is 292 g/mol. The molecule has 2 amide bonds. The Morgan fingerprint density at radius 2 is 2.19 bits per heavy atom. The van der Waals surface area contributed by atoms with Gasteiger partial charge in [0.25, 0.3) is 0 Å². The van der Waals surface area contributed by atoms with Crippen molar-refractivity contribution >= 4 is 12.0 Å². The third kappa shape index (κ3) is 3.87. The van der Waals surface area contributed by atoms with Gasteiger partial charge in [0.1, 0.15) is 5.75 Å². The van der Waals surface area contributed by atoms with Crippen LogP contribution in [0.1, 0.15) is 18.4 Å². The number of carboxylic acid groups (broad SMARTS) is 1. The molecular weight excluding hydrogens is 272 g/mol. The summed E-state index contributed by atoms with van der Waals surface area (Å²) in [6.45, 7) is 1.23. The standard InChI is InChI=1S/C15H20N2O4/c1-21-13-7-3-2-5-11(13)9-16-15(20)17-8-4-6-12(10-17)14(18)19/h2-3,5,7,12H,4,6,8-10H2,1H3,(H,16,20)(H,18,19)/t12-/m1/s1. The summed E-state index contributed by atoms with van der Waals surface area (Å²) in [4.78, 5) is 24.7. The molecule has 1 aliphatic heterocycles. The van der Waals surface area contributed by atoms with Crippen molar-refractivity contribution in [3.63, 3.8) is 0 Å². The molecule has 1 aromatic rings. The van der Waals surface area contributed by atoms with Gasteiger partial charge >= 0.3 is 12.0 Å². The predicted molar refractivity (Wildman–Crippen MR) is 77.2 cm³/mol. The van der Waals surface area contributed by atoms with E-state index >= 15 is 0 Å². The molecule has 1 saturated heterocycles. The first-order chi connectivity index (χ1) is 10.1. The van der Waals surface area contributed by atoms with Crippen LogP contribution in [-0.2, 0) is 11.3 Å². The van der Waals surface area contributed by atoms with Crippen LogP contribution in [0.25, 0.3) is 0 Å². The molecule has 0 aliphatic carbocycles. The molecule has 0 bridgehead atoms. The van der Waals surface area contributed by atoms with Crippen molar-refractivity contribution in [1.82, 2.24) is 10.2 Å². The Labute approximate surface area is 123 Å². The van der Waals surface area contributed by atoms with Crippen LogP contribution in [0.15, 0.2) is 24.3 Å². The van der Waals surface area contributed by atoms with Crippen molar-refractivity contribution in [3.8, 4) is 5.75 Å². The highest BCUT2D eigenvalue weighted by molar-refractivity contribution is 5.76. The number of hydrogen-bond donors (Lipinski definition) is 2. The van der Waals surface area contributed by atoms with E-state index in [0.717, 1.165) is 17.7 Å². The van der Waals surface area contributed by atoms with Crippen LogP contribution >= 0.6 is 0 Å². The molecule has 0 aromatic heterocycles. The van der Waals surface area contributed by atoms with Gasteiger partial charge in [0.15, 0.2) is 0 Å². The summed E-state index contributed by atoms with van der Waals surface area (Å²) < 4.78 is 5.23. The number of amides is 2. The molecule has 1 fully saturated rings. The Kier molecular flexibility index (Phi) is 5.03. The molecule has 0 unspecified atom stereocenters. The van der Waals surface area contributed by atoms with Gasteiger partial charge in [0.05, 0.1) is 13.0 Å². The lowest BCUT2D eigenvalue weighted by Crippen LogP contribution is -2.46. The molecule has 21 heavy (non-hydrogen) atoms. The van der Waals surface area contributed by atoms with Gasteiger partial charge in [-0.25, -0.2) is 4.79 Å². The maximum absolute atomic E-state index is 12.1. The second-order valence-electron chi connectivity index (χ2n) is 5.09. The van der Waals surface area contributed by atoms with Crippen molar-refractivity contribution in [1.29, 1.82) is 0 Å². The zero-order chi connectivity index (χ0) is 15.2. The highest BCUT2D eigenvalue weighted by Crippen LogP contribution is 2.18. The molecule has 2 rings (SSSR count). The van der Waals surface area contributed by atoms with Crippen LogP contribution in [0.5, 0.6) is 5.75 Å². The number of nitrogens with zero attached hydrogens (tertiary/aromatic N) is 1. The number of urea groups is 1. The highest BCUT2D eigenvalue weighted by atomic mass is 16.5. The Bertz CT molecular complexity index is 518. The SMILES string of the molecule is COc1ccccc1CNC(=O)N1CCC[C@@H](C(=O)O)C1. The van der Waals surface area contributed by atoms with Gasteiger partial charge in [-0.2, -0.15) is 0 Å². The molecule has 114 valence electrons. The number of nitrogens with one attached hydrogen (secondary N) is 1. The second-order valence-corrected chi connectivity index (χ2v) is 5.09. The minimum Gasteiger partial charge on any atom is -0.496 e. The molecule has 0 saturated carbocycles. The summed E-state index contributed by atoms with van der Waals surface area (Å²) in [7, 11) is 1.59. The van der Waals surface area contributed by atoms with Crippen LogP contribution in [-0.4, -0.2) is 42.2 Å². The van der Waals surface area contributed by atoms with E-state index in [0.29, 0.717) is 19.5 Å². The third-order valence-corrected chi connectivity index (χ3v) is 3.68. The van der Waals surface area contributed by atoms with E-state index in [2.05, 4.69) is 5.32 Å². The topological polar surface area (TPSA) is 78.9 Å². The van der Waals surface area contributed by atoms with E-state index in [9.17, 15) is 9.59 Å². The molecule has 1 atom stereocenters. The number of likely N-dealkylation sites (tertiary alicyclic amines) is 1. The van der Waals surface area contributed by atoms with Gasteiger partial charge in [0.2, 0.25) is 0 Å². The van der Waals surface area contributed by atoms with Crippen molar-refractivity contribution < 1.29 is 19.4 Å². The van der Waals surface area contributed by atoms with E-state index in [1.54, 1.807) is 12.0 Å². The average Bonchev–Trinajstić information content (AvgIpc) is 2.52. The minimum atomic E-state index is -0.836. The van der Waals surface area contributed by atoms with Gasteiger partial charge in [-0.15, -0.1) is 0 Å². The van der Waals surface area contributed by atoms with Crippen molar-refractivity contribution in [2.45, 2.75) is 19.4 Å². The van der Waals surface area contributed by atoms with E-state index in [1.807, 2.05) is 24.3 Å². The summed E-state index contributed by atoms with van der Waals surface area (Å²) in [5, 5.41) is 11.9. The van der Waals surface area contributed by atoms with Gasteiger partial charge < -0.3 is 20.1 Å². The van der Waals surface area contributed by atoms with E-state index in [4.69, 9.17) is 9.84 Å². The van der Waals surface area contributed by atoms with E-state index in [1.165, 1.54) is 0 Å². The molecule has 1 aliphatic rings. The zero-order valence-electron chi connectivity index (χ0n) is 12.0. The van der Waals surface area contributed by atoms with Crippen LogP contribution in [0.3, 0.4) is 0 Å². The lowest BCUT2D eigenvalue weighted by Gasteiger charge is -2.30. The predicted octanol–water partition coefficient (Wildman–Crippen LogP) is 1.70. The number of carbonyl (C=O) groups excluding carboxylic acids is 1. The first kappa shape index (κ1) is 15.2. The first-order valence-corrected chi connectivity index (χ1v) is 6.99. The normalized spacial score (nSPS) is 18.1. The Morgan fingerprint density at radius 3 is 2.90 bits per heavy atom. The van der Waals surface area contributed by atoms with E-state index < -0.39 is 11.9 Å². The van der Waals surface area contributed by atoms with Crippen LogP contribution in [0, 0.1) is 5.92 Å². The monoisotopic (exact) mass is 292 g/mol.